The number of aryl methyl sites for hydroxylation is 2. The van der Waals surface area contributed by atoms with E-state index in [-0.39, 0.29) is 46.1 Å². The van der Waals surface area contributed by atoms with Gasteiger partial charge in [-0.1, -0.05) is 0 Å². The topological polar surface area (TPSA) is 104 Å². The van der Waals surface area contributed by atoms with E-state index >= 15 is 0 Å². The number of aromatic nitrogens is 2. The molecule has 14 heteroatoms. The second-order valence-corrected chi connectivity index (χ2v) is 9.59. The van der Waals surface area contributed by atoms with Crippen LogP contribution in [0.25, 0.3) is 10.2 Å². The number of halogens is 5. The molecule has 0 unspecified atom stereocenters. The zero-order chi connectivity index (χ0) is 26.8. The van der Waals surface area contributed by atoms with Crippen LogP contribution in [0, 0.1) is 12.8 Å². The van der Waals surface area contributed by atoms with E-state index in [9.17, 15) is 46.2 Å². The van der Waals surface area contributed by atoms with Crippen molar-refractivity contribution in [2.45, 2.75) is 58.3 Å². The Labute approximate surface area is 205 Å². The number of hydrogen-bond acceptors (Lipinski definition) is 6. The molecule has 1 saturated heterocycles. The van der Waals surface area contributed by atoms with E-state index in [1.807, 2.05) is 0 Å². The lowest BCUT2D eigenvalue weighted by molar-refractivity contribution is -0.307. The third-order valence-electron chi connectivity index (χ3n) is 6.12. The highest BCUT2D eigenvalue weighted by Gasteiger charge is 2.31. The number of thiophene rings is 1. The van der Waals surface area contributed by atoms with Gasteiger partial charge in [-0.2, -0.15) is 22.0 Å². The van der Waals surface area contributed by atoms with Gasteiger partial charge in [-0.15, -0.1) is 11.3 Å². The van der Waals surface area contributed by atoms with Gasteiger partial charge in [-0.25, -0.2) is 4.79 Å². The van der Waals surface area contributed by atoms with Gasteiger partial charge in [-0.3, -0.25) is 18.7 Å². The quantitative estimate of drug-likeness (QED) is 0.483. The standard InChI is InChI=1S/C22H24F5N3O5S/c1-12-16-18(33)29(7-2-3-14(23)24)21(35)30(10-6-22(25,26)27)20(16)36-17(12)19(34)28-8-4-13(5-9-28)11-15(31)32/h3,13H,2,4-11H2,1H3,(H,31,32)/p-1. The SMILES string of the molecule is Cc1c(C(=O)N2CCC(CC(=O)[O-])CC2)sc2c1c(=O)n(CCC=C(F)F)c(=O)n2CCC(F)(F)F. The first-order valence-electron chi connectivity index (χ1n) is 11.1. The summed E-state index contributed by atoms with van der Waals surface area (Å²) in [4.78, 5) is 51.5. The van der Waals surface area contributed by atoms with Gasteiger partial charge in [0.1, 0.15) is 4.83 Å². The van der Waals surface area contributed by atoms with Crippen LogP contribution >= 0.6 is 11.3 Å². The second kappa shape index (κ2) is 10.9. The lowest BCUT2D eigenvalue weighted by Crippen LogP contribution is -2.40. The lowest BCUT2D eigenvalue weighted by atomic mass is 9.93. The number of nitrogens with zero attached hydrogens (tertiary/aromatic N) is 3. The molecule has 0 radical (unpaired) electrons. The monoisotopic (exact) mass is 536 g/mol. The van der Waals surface area contributed by atoms with Crippen LogP contribution < -0.4 is 16.4 Å². The van der Waals surface area contributed by atoms with Crippen LogP contribution in [0.3, 0.4) is 0 Å². The number of carbonyl (C=O) groups excluding carboxylic acids is 2. The summed E-state index contributed by atoms with van der Waals surface area (Å²) in [6, 6.07) is 0. The average Bonchev–Trinajstić information content (AvgIpc) is 3.11. The maximum absolute atomic E-state index is 13.2. The summed E-state index contributed by atoms with van der Waals surface area (Å²) in [7, 11) is 0. The molecule has 1 aliphatic heterocycles. The smallest absolute Gasteiger partial charge is 0.390 e. The minimum Gasteiger partial charge on any atom is -0.550 e. The van der Waals surface area contributed by atoms with Crippen LogP contribution in [0.1, 0.15) is 47.3 Å². The lowest BCUT2D eigenvalue weighted by Gasteiger charge is -2.32. The zero-order valence-corrected chi connectivity index (χ0v) is 20.0. The molecular formula is C22H23F5N3O5S-. The Hall–Kier alpha value is -3.03. The molecule has 8 nitrogen and oxygen atoms in total. The Balaban J connectivity index is 2.04. The minimum absolute atomic E-state index is 0.0769. The Kier molecular flexibility index (Phi) is 8.37. The molecule has 0 atom stereocenters. The molecule has 1 fully saturated rings. The number of fused-ring (bicyclic) bond motifs is 1. The first kappa shape index (κ1) is 27.6. The van der Waals surface area contributed by atoms with Gasteiger partial charge < -0.3 is 14.8 Å². The van der Waals surface area contributed by atoms with Crippen molar-refractivity contribution in [3.8, 4) is 0 Å². The number of amides is 1. The first-order chi connectivity index (χ1) is 16.8. The van der Waals surface area contributed by atoms with Gasteiger partial charge in [-0.05, 0) is 50.2 Å². The number of carboxylic acid groups (broad SMARTS) is 1. The van der Waals surface area contributed by atoms with Gasteiger partial charge in [0.25, 0.3) is 17.5 Å². The van der Waals surface area contributed by atoms with Crippen molar-refractivity contribution >= 4 is 33.4 Å². The zero-order valence-electron chi connectivity index (χ0n) is 19.2. The number of piperidine rings is 1. The molecule has 1 amide bonds. The minimum atomic E-state index is -4.60. The Morgan fingerprint density at radius 1 is 1.11 bits per heavy atom. The van der Waals surface area contributed by atoms with Crippen molar-refractivity contribution in [1.82, 2.24) is 14.0 Å². The molecule has 36 heavy (non-hydrogen) atoms. The maximum Gasteiger partial charge on any atom is 0.390 e. The maximum atomic E-state index is 13.2. The van der Waals surface area contributed by atoms with E-state index in [1.54, 1.807) is 0 Å². The first-order valence-corrected chi connectivity index (χ1v) is 12.0. The number of hydrogen-bond donors (Lipinski definition) is 0. The van der Waals surface area contributed by atoms with Gasteiger partial charge in [0.15, 0.2) is 0 Å². The van der Waals surface area contributed by atoms with Crippen molar-refractivity contribution in [3.63, 3.8) is 0 Å². The van der Waals surface area contributed by atoms with Gasteiger partial charge in [0, 0.05) is 32.1 Å². The van der Waals surface area contributed by atoms with Crippen LogP contribution in [-0.2, 0) is 17.9 Å². The Morgan fingerprint density at radius 2 is 1.75 bits per heavy atom. The number of carbonyl (C=O) groups is 2. The summed E-state index contributed by atoms with van der Waals surface area (Å²) < 4.78 is 65.1. The van der Waals surface area contributed by atoms with E-state index in [1.165, 1.54) is 11.8 Å². The third-order valence-corrected chi connectivity index (χ3v) is 7.42. The van der Waals surface area contributed by atoms with Crippen molar-refractivity contribution in [3.05, 3.63) is 43.4 Å². The fourth-order valence-electron chi connectivity index (χ4n) is 4.25. The highest BCUT2D eigenvalue weighted by atomic mass is 32.1. The summed E-state index contributed by atoms with van der Waals surface area (Å²) in [5, 5.41) is 10.7. The molecule has 2 aromatic rings. The van der Waals surface area contributed by atoms with E-state index in [0.29, 0.717) is 23.5 Å². The third kappa shape index (κ3) is 6.20. The Morgan fingerprint density at radius 3 is 2.31 bits per heavy atom. The molecule has 0 spiro atoms. The normalized spacial score (nSPS) is 14.9. The van der Waals surface area contributed by atoms with Crippen LogP contribution in [-0.4, -0.2) is 45.2 Å². The van der Waals surface area contributed by atoms with E-state index in [2.05, 4.69) is 0 Å². The predicted octanol–water partition coefficient (Wildman–Crippen LogP) is 2.65. The fraction of sp³-hybridized carbons (Fsp3) is 0.545. The van der Waals surface area contributed by atoms with Crippen molar-refractivity contribution in [1.29, 1.82) is 0 Å². The molecule has 0 N–H and O–H groups in total. The summed E-state index contributed by atoms with van der Waals surface area (Å²) >= 11 is 0.735. The molecule has 1 aliphatic rings. The summed E-state index contributed by atoms with van der Waals surface area (Å²) in [6.45, 7) is 0.657. The van der Waals surface area contributed by atoms with E-state index < -0.39 is 61.3 Å². The van der Waals surface area contributed by atoms with Gasteiger partial charge >= 0.3 is 11.9 Å². The second-order valence-electron chi connectivity index (χ2n) is 8.59. The summed E-state index contributed by atoms with van der Waals surface area (Å²) in [5.74, 6) is -1.81. The number of alkyl halides is 3. The molecular weight excluding hydrogens is 513 g/mol. The van der Waals surface area contributed by atoms with Crippen LogP contribution in [0.15, 0.2) is 21.7 Å². The van der Waals surface area contributed by atoms with E-state index in [4.69, 9.17) is 0 Å². The van der Waals surface area contributed by atoms with Crippen LogP contribution in [0.5, 0.6) is 0 Å². The van der Waals surface area contributed by atoms with Crippen LogP contribution in [0.4, 0.5) is 22.0 Å². The molecule has 0 aromatic carbocycles. The van der Waals surface area contributed by atoms with E-state index in [0.717, 1.165) is 15.9 Å². The molecule has 0 bridgehead atoms. The molecule has 198 valence electrons. The van der Waals surface area contributed by atoms with Crippen LogP contribution in [0.2, 0.25) is 0 Å². The summed E-state index contributed by atoms with van der Waals surface area (Å²) in [6.07, 6.45) is -7.18. The molecule has 0 aliphatic carbocycles. The van der Waals surface area contributed by atoms with Gasteiger partial charge in [0.05, 0.1) is 16.7 Å². The Bertz CT molecular complexity index is 1300. The number of rotatable bonds is 8. The highest BCUT2D eigenvalue weighted by Crippen LogP contribution is 2.31. The predicted molar refractivity (Wildman–Crippen MR) is 119 cm³/mol. The average molecular weight is 536 g/mol. The molecule has 0 saturated carbocycles. The van der Waals surface area contributed by atoms with Crippen molar-refractivity contribution in [2.75, 3.05) is 13.1 Å². The van der Waals surface area contributed by atoms with Crippen molar-refractivity contribution < 1.29 is 36.6 Å². The number of likely N-dealkylation sites (tertiary alicyclic amines) is 1. The largest absolute Gasteiger partial charge is 0.550 e. The summed E-state index contributed by atoms with van der Waals surface area (Å²) in [5.41, 5.74) is -1.76. The number of carboxylic acids is 1. The molecule has 3 rings (SSSR count). The fourth-order valence-corrected chi connectivity index (χ4v) is 5.54. The number of allylic oxidation sites excluding steroid dienone is 1. The molecule has 3 heterocycles. The van der Waals surface area contributed by atoms with Gasteiger partial charge in [0.2, 0.25) is 0 Å². The molecule has 2 aromatic heterocycles. The highest BCUT2D eigenvalue weighted by molar-refractivity contribution is 7.20. The number of aliphatic carboxylic acids is 1. The van der Waals surface area contributed by atoms with Crippen molar-refractivity contribution in [2.24, 2.45) is 5.92 Å².